The van der Waals surface area contributed by atoms with Gasteiger partial charge in [-0.25, -0.2) is 4.99 Å². The van der Waals surface area contributed by atoms with Crippen LogP contribution < -0.4 is 0 Å². The third-order valence-electron chi connectivity index (χ3n) is 0.725. The van der Waals surface area contributed by atoms with Crippen LogP contribution in [-0.4, -0.2) is 37.7 Å². The van der Waals surface area contributed by atoms with E-state index in [0.717, 1.165) is 0 Å². The van der Waals surface area contributed by atoms with Crippen molar-refractivity contribution in [2.75, 3.05) is 20.6 Å². The van der Waals surface area contributed by atoms with Gasteiger partial charge >= 0.3 is 0 Å². The van der Waals surface area contributed by atoms with Gasteiger partial charge in [-0.2, -0.15) is 0 Å². The number of rotatable bonds is 2. The van der Waals surface area contributed by atoms with Crippen LogP contribution in [0.1, 0.15) is 6.92 Å². The van der Waals surface area contributed by atoms with E-state index in [-0.39, 0.29) is 5.91 Å². The topological polar surface area (TPSA) is 32.7 Å². The fraction of sp³-hybridized carbons (Fsp3) is 0.667. The third-order valence-corrected chi connectivity index (χ3v) is 0.725. The molecule has 0 rings (SSSR count). The van der Waals surface area contributed by atoms with Crippen molar-refractivity contribution >= 4 is 12.1 Å². The summed E-state index contributed by atoms with van der Waals surface area (Å²) < 4.78 is 0. The number of aliphatic imine (C=N–C) groups is 1. The van der Waals surface area contributed by atoms with Crippen molar-refractivity contribution < 1.29 is 4.79 Å². The molecule has 0 aliphatic carbocycles. The lowest BCUT2D eigenvalue weighted by Gasteiger charge is -2.03. The van der Waals surface area contributed by atoms with Crippen molar-refractivity contribution in [1.29, 1.82) is 0 Å². The zero-order valence-electron chi connectivity index (χ0n) is 6.09. The van der Waals surface area contributed by atoms with Gasteiger partial charge in [-0.05, 0) is 21.0 Å². The van der Waals surface area contributed by atoms with Gasteiger partial charge in [0, 0.05) is 6.21 Å². The van der Waals surface area contributed by atoms with E-state index in [0.29, 0.717) is 6.54 Å². The van der Waals surface area contributed by atoms with E-state index >= 15 is 0 Å². The van der Waals surface area contributed by atoms with Gasteiger partial charge in [-0.15, -0.1) is 0 Å². The summed E-state index contributed by atoms with van der Waals surface area (Å²) in [6.45, 7) is 2.12. The molecular formula is C6H12N2O. The highest BCUT2D eigenvalue weighted by Gasteiger charge is 1.96. The first-order chi connectivity index (χ1) is 4.16. The summed E-state index contributed by atoms with van der Waals surface area (Å²) in [5.41, 5.74) is 0. The first kappa shape index (κ1) is 8.30. The fourth-order valence-electron chi connectivity index (χ4n) is 0.455. The highest BCUT2D eigenvalue weighted by molar-refractivity contribution is 5.85. The molecule has 0 aliphatic heterocycles. The van der Waals surface area contributed by atoms with Gasteiger partial charge in [0.15, 0.2) is 0 Å². The molecule has 0 heterocycles. The van der Waals surface area contributed by atoms with Crippen LogP contribution in [0.25, 0.3) is 0 Å². The maximum absolute atomic E-state index is 10.6. The molecule has 9 heavy (non-hydrogen) atoms. The van der Waals surface area contributed by atoms with Crippen LogP contribution >= 0.6 is 0 Å². The van der Waals surface area contributed by atoms with Gasteiger partial charge in [-0.1, -0.05) is 0 Å². The summed E-state index contributed by atoms with van der Waals surface area (Å²) in [5, 5.41) is 0. The van der Waals surface area contributed by atoms with Crippen LogP contribution in [-0.2, 0) is 4.79 Å². The van der Waals surface area contributed by atoms with Crippen LogP contribution in [0.5, 0.6) is 0 Å². The van der Waals surface area contributed by atoms with Gasteiger partial charge in [0.1, 0.15) is 0 Å². The van der Waals surface area contributed by atoms with E-state index < -0.39 is 0 Å². The lowest BCUT2D eigenvalue weighted by Crippen LogP contribution is -2.19. The standard InChI is InChI=1S/C6H12N2O/c1-4-7-6(9)5-8(2)3/h4H,5H2,1-3H3. The number of carbonyl (C=O) groups excluding carboxylic acids is 1. The Labute approximate surface area is 55.4 Å². The smallest absolute Gasteiger partial charge is 0.259 e. The lowest BCUT2D eigenvalue weighted by atomic mass is 10.5. The molecule has 0 unspecified atom stereocenters. The summed E-state index contributed by atoms with van der Waals surface area (Å²) >= 11 is 0. The molecule has 0 aliphatic rings. The molecule has 3 heteroatoms. The molecule has 0 radical (unpaired) electrons. The van der Waals surface area contributed by atoms with Gasteiger partial charge in [0.05, 0.1) is 6.54 Å². The highest BCUT2D eigenvalue weighted by atomic mass is 16.1. The van der Waals surface area contributed by atoms with Crippen molar-refractivity contribution in [3.05, 3.63) is 0 Å². The minimum Gasteiger partial charge on any atom is -0.301 e. The SMILES string of the molecule is CC=NC(=O)CN(C)C. The normalized spacial score (nSPS) is 11.1. The van der Waals surface area contributed by atoms with Crippen molar-refractivity contribution in [1.82, 2.24) is 4.90 Å². The molecule has 0 bridgehead atoms. The number of amides is 1. The summed E-state index contributed by atoms with van der Waals surface area (Å²) in [5.74, 6) is -0.0949. The Hall–Kier alpha value is -0.700. The molecule has 0 fully saturated rings. The first-order valence-corrected chi connectivity index (χ1v) is 2.83. The zero-order chi connectivity index (χ0) is 7.28. The third kappa shape index (κ3) is 5.17. The number of carbonyl (C=O) groups is 1. The van der Waals surface area contributed by atoms with Crippen LogP contribution in [0.4, 0.5) is 0 Å². The molecule has 0 saturated heterocycles. The maximum Gasteiger partial charge on any atom is 0.259 e. The molecule has 0 saturated carbocycles. The Kier molecular flexibility index (Phi) is 3.88. The highest BCUT2D eigenvalue weighted by Crippen LogP contribution is 1.77. The molecule has 0 atom stereocenters. The molecule has 0 aromatic carbocycles. The molecule has 0 N–H and O–H groups in total. The second-order valence-electron chi connectivity index (χ2n) is 2.02. The Morgan fingerprint density at radius 2 is 2.22 bits per heavy atom. The number of hydrogen-bond donors (Lipinski definition) is 0. The van der Waals surface area contributed by atoms with Gasteiger partial charge in [-0.3, -0.25) is 4.79 Å². The number of likely N-dealkylation sites (N-methyl/N-ethyl adjacent to an activating group) is 1. The van der Waals surface area contributed by atoms with Crippen LogP contribution in [0.15, 0.2) is 4.99 Å². The molecule has 0 aromatic rings. The molecule has 1 amide bonds. The molecule has 52 valence electrons. The van der Waals surface area contributed by atoms with Crippen molar-refractivity contribution in [2.24, 2.45) is 4.99 Å². The first-order valence-electron chi connectivity index (χ1n) is 2.83. The average Bonchev–Trinajstić information content (AvgIpc) is 1.63. The molecule has 3 nitrogen and oxygen atoms in total. The number of hydrogen-bond acceptors (Lipinski definition) is 2. The molecule has 0 spiro atoms. The van der Waals surface area contributed by atoms with E-state index in [1.807, 2.05) is 14.1 Å². The Balaban J connectivity index is 3.51. The van der Waals surface area contributed by atoms with E-state index in [1.54, 1.807) is 11.8 Å². The van der Waals surface area contributed by atoms with Crippen molar-refractivity contribution in [3.8, 4) is 0 Å². The maximum atomic E-state index is 10.6. The quantitative estimate of drug-likeness (QED) is 0.496. The Morgan fingerprint density at radius 1 is 1.67 bits per heavy atom. The Bertz CT molecular complexity index is 118. The van der Waals surface area contributed by atoms with Gasteiger partial charge in [0.2, 0.25) is 0 Å². The van der Waals surface area contributed by atoms with E-state index in [2.05, 4.69) is 4.99 Å². The van der Waals surface area contributed by atoms with Crippen LogP contribution in [0.3, 0.4) is 0 Å². The van der Waals surface area contributed by atoms with E-state index in [4.69, 9.17) is 0 Å². The van der Waals surface area contributed by atoms with Crippen LogP contribution in [0.2, 0.25) is 0 Å². The second-order valence-corrected chi connectivity index (χ2v) is 2.02. The largest absolute Gasteiger partial charge is 0.301 e. The zero-order valence-corrected chi connectivity index (χ0v) is 6.09. The van der Waals surface area contributed by atoms with Crippen molar-refractivity contribution in [3.63, 3.8) is 0 Å². The molecular weight excluding hydrogens is 116 g/mol. The monoisotopic (exact) mass is 128 g/mol. The Morgan fingerprint density at radius 3 is 2.56 bits per heavy atom. The van der Waals surface area contributed by atoms with E-state index in [9.17, 15) is 4.79 Å². The molecule has 0 aromatic heterocycles. The minimum absolute atomic E-state index is 0.0949. The summed E-state index contributed by atoms with van der Waals surface area (Å²) in [7, 11) is 3.67. The fourth-order valence-corrected chi connectivity index (χ4v) is 0.455. The van der Waals surface area contributed by atoms with Gasteiger partial charge < -0.3 is 4.90 Å². The predicted molar refractivity (Wildman–Crippen MR) is 37.7 cm³/mol. The minimum atomic E-state index is -0.0949. The second kappa shape index (κ2) is 4.21. The lowest BCUT2D eigenvalue weighted by molar-refractivity contribution is -0.118. The number of nitrogens with zero attached hydrogens (tertiary/aromatic N) is 2. The van der Waals surface area contributed by atoms with Crippen LogP contribution in [0, 0.1) is 0 Å². The summed E-state index contributed by atoms with van der Waals surface area (Å²) in [6, 6.07) is 0. The van der Waals surface area contributed by atoms with Gasteiger partial charge in [0.25, 0.3) is 5.91 Å². The summed E-state index contributed by atoms with van der Waals surface area (Å²) in [4.78, 5) is 16.0. The predicted octanol–water partition coefficient (Wildman–Crippen LogP) is 0.165. The summed E-state index contributed by atoms with van der Waals surface area (Å²) in [6.07, 6.45) is 1.51. The average molecular weight is 128 g/mol. The van der Waals surface area contributed by atoms with E-state index in [1.165, 1.54) is 6.21 Å². The van der Waals surface area contributed by atoms with Crippen molar-refractivity contribution in [2.45, 2.75) is 6.92 Å².